The van der Waals surface area contributed by atoms with Gasteiger partial charge in [-0.05, 0) is 36.6 Å². The molecule has 1 aromatic rings. The monoisotopic (exact) mass is 282 g/mol. The van der Waals surface area contributed by atoms with E-state index in [1.165, 1.54) is 6.92 Å². The van der Waals surface area contributed by atoms with Crippen LogP contribution in [0.2, 0.25) is 5.02 Å². The summed E-state index contributed by atoms with van der Waals surface area (Å²) in [5.74, 6) is -0.436. The average molecular weight is 283 g/mol. The number of amides is 2. The fraction of sp³-hybridized carbons (Fsp3) is 0.429. The summed E-state index contributed by atoms with van der Waals surface area (Å²) in [6, 6.07) is 4.70. The van der Waals surface area contributed by atoms with Gasteiger partial charge in [0.1, 0.15) is 6.04 Å². The lowest BCUT2D eigenvalue weighted by Crippen LogP contribution is -2.46. The van der Waals surface area contributed by atoms with Crippen LogP contribution < -0.4 is 10.6 Å². The van der Waals surface area contributed by atoms with Crippen molar-refractivity contribution in [1.29, 1.82) is 0 Å². The summed E-state index contributed by atoms with van der Waals surface area (Å²) in [5, 5.41) is 6.09. The molecule has 104 valence electrons. The van der Waals surface area contributed by atoms with Crippen molar-refractivity contribution in [3.8, 4) is 0 Å². The predicted molar refractivity (Wildman–Crippen MR) is 77.3 cm³/mol. The summed E-state index contributed by atoms with van der Waals surface area (Å²) in [4.78, 5) is 23.3. The molecule has 0 radical (unpaired) electrons. The Labute approximate surface area is 118 Å². The summed E-state index contributed by atoms with van der Waals surface area (Å²) in [7, 11) is 0. The van der Waals surface area contributed by atoms with Gasteiger partial charge in [0.2, 0.25) is 11.8 Å². The number of anilines is 1. The molecule has 5 heteroatoms. The molecule has 19 heavy (non-hydrogen) atoms. The van der Waals surface area contributed by atoms with Gasteiger partial charge < -0.3 is 10.6 Å². The fourth-order valence-electron chi connectivity index (χ4n) is 1.73. The topological polar surface area (TPSA) is 58.2 Å². The van der Waals surface area contributed by atoms with Gasteiger partial charge in [-0.25, -0.2) is 0 Å². The van der Waals surface area contributed by atoms with Gasteiger partial charge in [0.05, 0.1) is 0 Å². The van der Waals surface area contributed by atoms with Crippen molar-refractivity contribution in [3.63, 3.8) is 0 Å². The van der Waals surface area contributed by atoms with E-state index in [2.05, 4.69) is 10.6 Å². The molecule has 0 saturated heterocycles. The molecule has 0 spiro atoms. The minimum Gasteiger partial charge on any atom is -0.344 e. The largest absolute Gasteiger partial charge is 0.344 e. The molecule has 0 aromatic heterocycles. The maximum Gasteiger partial charge on any atom is 0.247 e. The summed E-state index contributed by atoms with van der Waals surface area (Å²) in [6.07, 6.45) is 0. The number of nitrogens with one attached hydrogen (secondary N) is 2. The van der Waals surface area contributed by atoms with E-state index < -0.39 is 6.04 Å². The van der Waals surface area contributed by atoms with Gasteiger partial charge in [0, 0.05) is 17.6 Å². The van der Waals surface area contributed by atoms with E-state index in [-0.39, 0.29) is 17.7 Å². The molecule has 0 bridgehead atoms. The second kappa shape index (κ2) is 6.57. The second-order valence-corrected chi connectivity index (χ2v) is 5.31. The molecular formula is C14H19ClN2O2. The zero-order chi connectivity index (χ0) is 14.6. The first-order valence-corrected chi connectivity index (χ1v) is 6.53. The van der Waals surface area contributed by atoms with Gasteiger partial charge in [0.25, 0.3) is 0 Å². The van der Waals surface area contributed by atoms with Crippen LogP contribution in [0.1, 0.15) is 26.3 Å². The number of carbonyl (C=O) groups excluding carboxylic acids is 2. The number of carbonyl (C=O) groups is 2. The third kappa shape index (κ3) is 4.56. The summed E-state index contributed by atoms with van der Waals surface area (Å²) in [5.41, 5.74) is 1.58. The Morgan fingerprint density at radius 3 is 2.37 bits per heavy atom. The molecule has 0 aliphatic rings. The van der Waals surface area contributed by atoms with E-state index in [9.17, 15) is 9.59 Å². The van der Waals surface area contributed by atoms with Crippen LogP contribution in [0.15, 0.2) is 18.2 Å². The highest BCUT2D eigenvalue weighted by atomic mass is 35.5. The molecule has 2 N–H and O–H groups in total. The highest BCUT2D eigenvalue weighted by Crippen LogP contribution is 2.20. The van der Waals surface area contributed by atoms with Crippen LogP contribution >= 0.6 is 11.6 Å². The van der Waals surface area contributed by atoms with Crippen molar-refractivity contribution in [2.75, 3.05) is 5.32 Å². The summed E-state index contributed by atoms with van der Waals surface area (Å²) < 4.78 is 0. The molecule has 0 saturated carbocycles. The number of benzene rings is 1. The van der Waals surface area contributed by atoms with Crippen molar-refractivity contribution < 1.29 is 9.59 Å². The standard InChI is InChI=1S/C14H19ClN2O2/c1-8(2)13(16-10(4)18)14(19)17-12-6-5-11(15)7-9(12)3/h5-8,13H,1-4H3,(H,16,18)(H,17,19). The van der Waals surface area contributed by atoms with Gasteiger partial charge in [-0.15, -0.1) is 0 Å². The van der Waals surface area contributed by atoms with Crippen molar-refractivity contribution in [2.24, 2.45) is 5.92 Å². The molecule has 1 unspecified atom stereocenters. The number of halogens is 1. The van der Waals surface area contributed by atoms with Crippen LogP contribution in [0, 0.1) is 12.8 Å². The van der Waals surface area contributed by atoms with Gasteiger partial charge in [0.15, 0.2) is 0 Å². The predicted octanol–water partition coefficient (Wildman–Crippen LogP) is 2.75. The van der Waals surface area contributed by atoms with Gasteiger partial charge in [-0.3, -0.25) is 9.59 Å². The van der Waals surface area contributed by atoms with Gasteiger partial charge in [-0.1, -0.05) is 25.4 Å². The minimum atomic E-state index is -0.549. The summed E-state index contributed by atoms with van der Waals surface area (Å²) >= 11 is 5.87. The Morgan fingerprint density at radius 2 is 1.89 bits per heavy atom. The lowest BCUT2D eigenvalue weighted by Gasteiger charge is -2.21. The molecule has 0 heterocycles. The van der Waals surface area contributed by atoms with E-state index in [0.29, 0.717) is 10.7 Å². The smallest absolute Gasteiger partial charge is 0.247 e. The molecule has 4 nitrogen and oxygen atoms in total. The van der Waals surface area contributed by atoms with Crippen LogP contribution in [0.5, 0.6) is 0 Å². The minimum absolute atomic E-state index is 0.0107. The maximum atomic E-state index is 12.2. The van der Waals surface area contributed by atoms with E-state index >= 15 is 0 Å². The zero-order valence-electron chi connectivity index (χ0n) is 11.6. The fourth-order valence-corrected chi connectivity index (χ4v) is 1.96. The van der Waals surface area contributed by atoms with Gasteiger partial charge in [-0.2, -0.15) is 0 Å². The van der Waals surface area contributed by atoms with Crippen LogP contribution in [0.4, 0.5) is 5.69 Å². The number of aryl methyl sites for hydroxylation is 1. The van der Waals surface area contributed by atoms with Crippen LogP contribution in [-0.4, -0.2) is 17.9 Å². The molecule has 1 atom stereocenters. The Balaban J connectivity index is 2.84. The number of rotatable bonds is 4. The molecule has 1 aromatic carbocycles. The zero-order valence-corrected chi connectivity index (χ0v) is 12.3. The third-order valence-electron chi connectivity index (χ3n) is 2.75. The third-order valence-corrected chi connectivity index (χ3v) is 2.99. The lowest BCUT2D eigenvalue weighted by molar-refractivity contribution is -0.126. The van der Waals surface area contributed by atoms with Crippen LogP contribution in [0.3, 0.4) is 0 Å². The van der Waals surface area contributed by atoms with Crippen molar-refractivity contribution in [3.05, 3.63) is 28.8 Å². The Morgan fingerprint density at radius 1 is 1.26 bits per heavy atom. The first-order chi connectivity index (χ1) is 8.81. The van der Waals surface area contributed by atoms with E-state index in [4.69, 9.17) is 11.6 Å². The van der Waals surface area contributed by atoms with E-state index in [0.717, 1.165) is 5.56 Å². The molecule has 0 fully saturated rings. The Kier molecular flexibility index (Phi) is 5.36. The average Bonchev–Trinajstić information content (AvgIpc) is 2.29. The van der Waals surface area contributed by atoms with E-state index in [1.807, 2.05) is 20.8 Å². The van der Waals surface area contributed by atoms with Gasteiger partial charge >= 0.3 is 0 Å². The highest BCUT2D eigenvalue weighted by Gasteiger charge is 2.23. The number of hydrogen-bond acceptors (Lipinski definition) is 2. The second-order valence-electron chi connectivity index (χ2n) is 4.87. The summed E-state index contributed by atoms with van der Waals surface area (Å²) in [6.45, 7) is 7.03. The van der Waals surface area contributed by atoms with Crippen LogP contribution in [0.25, 0.3) is 0 Å². The molecule has 2 amide bonds. The normalized spacial score (nSPS) is 12.1. The molecular weight excluding hydrogens is 264 g/mol. The number of hydrogen-bond donors (Lipinski definition) is 2. The highest BCUT2D eigenvalue weighted by molar-refractivity contribution is 6.30. The molecule has 0 aliphatic heterocycles. The lowest BCUT2D eigenvalue weighted by atomic mass is 10.0. The molecule has 1 rings (SSSR count). The Bertz CT molecular complexity index is 486. The van der Waals surface area contributed by atoms with E-state index in [1.54, 1.807) is 18.2 Å². The quantitative estimate of drug-likeness (QED) is 0.892. The SMILES string of the molecule is CC(=O)NC(C(=O)Nc1ccc(Cl)cc1C)C(C)C. The maximum absolute atomic E-state index is 12.2. The van der Waals surface area contributed by atoms with Crippen molar-refractivity contribution in [2.45, 2.75) is 33.7 Å². The molecule has 0 aliphatic carbocycles. The first kappa shape index (κ1) is 15.5. The Hall–Kier alpha value is -1.55. The van der Waals surface area contributed by atoms with Crippen molar-refractivity contribution >= 4 is 29.1 Å². The first-order valence-electron chi connectivity index (χ1n) is 6.15. The van der Waals surface area contributed by atoms with Crippen LogP contribution in [-0.2, 0) is 9.59 Å². The van der Waals surface area contributed by atoms with Crippen molar-refractivity contribution in [1.82, 2.24) is 5.32 Å².